The lowest BCUT2D eigenvalue weighted by atomic mass is 10.0. The van der Waals surface area contributed by atoms with Crippen LogP contribution in [0.25, 0.3) is 0 Å². The Morgan fingerprint density at radius 2 is 1.97 bits per heavy atom. The largest absolute Gasteiger partial charge is 0.373 e. The zero-order valence-corrected chi connectivity index (χ0v) is 18.9. The van der Waals surface area contributed by atoms with E-state index in [4.69, 9.17) is 14.5 Å². The Morgan fingerprint density at radius 3 is 2.65 bits per heavy atom. The summed E-state index contributed by atoms with van der Waals surface area (Å²) in [5.41, 5.74) is 3.27. The van der Waals surface area contributed by atoms with Gasteiger partial charge in [0.1, 0.15) is 23.0 Å². The summed E-state index contributed by atoms with van der Waals surface area (Å²) >= 11 is 0. The van der Waals surface area contributed by atoms with Crippen LogP contribution in [0.4, 0.5) is 5.82 Å². The molecule has 1 saturated heterocycles. The Balaban J connectivity index is 1.57. The number of nitrogens with one attached hydrogen (secondary N) is 1. The summed E-state index contributed by atoms with van der Waals surface area (Å²) < 4.78 is 5.31. The van der Waals surface area contributed by atoms with Gasteiger partial charge in [-0.2, -0.15) is 0 Å². The smallest absolute Gasteiger partial charge is 0.259 e. The number of fused-ring (bicyclic) bond motifs is 1. The highest BCUT2D eigenvalue weighted by molar-refractivity contribution is 5.96. The maximum absolute atomic E-state index is 13.2. The lowest BCUT2D eigenvalue weighted by molar-refractivity contribution is -0.129. The van der Waals surface area contributed by atoms with Crippen molar-refractivity contribution in [3.05, 3.63) is 34.1 Å². The number of aryl methyl sites for hydroxylation is 1. The highest BCUT2D eigenvalue weighted by Crippen LogP contribution is 2.32. The number of rotatable bonds is 4. The predicted molar refractivity (Wildman–Crippen MR) is 115 cm³/mol. The summed E-state index contributed by atoms with van der Waals surface area (Å²) in [6.07, 6.45) is 1.54. The second-order valence-electron chi connectivity index (χ2n) is 8.69. The number of hydrogen-bond donors (Lipinski definition) is 1. The molecule has 9 heteroatoms. The zero-order chi connectivity index (χ0) is 22.3. The summed E-state index contributed by atoms with van der Waals surface area (Å²) in [7, 11) is 1.86. The number of carbonyl (C=O) groups excluding carboxylic acids is 2. The molecule has 2 aromatic rings. The average Bonchev–Trinajstić information content (AvgIpc) is 3.39. The Kier molecular flexibility index (Phi) is 5.68. The fraction of sp³-hybridized carbons (Fsp3) is 0.591. The molecule has 0 saturated carbocycles. The Bertz CT molecular complexity index is 1010. The number of amides is 2. The van der Waals surface area contributed by atoms with Crippen molar-refractivity contribution in [3.63, 3.8) is 0 Å². The van der Waals surface area contributed by atoms with Crippen LogP contribution in [-0.4, -0.2) is 63.4 Å². The van der Waals surface area contributed by atoms with Crippen molar-refractivity contribution in [1.82, 2.24) is 24.9 Å². The van der Waals surface area contributed by atoms with Gasteiger partial charge < -0.3 is 19.6 Å². The minimum atomic E-state index is -0.0421. The van der Waals surface area contributed by atoms with E-state index in [1.807, 2.05) is 30.7 Å². The third-order valence-corrected chi connectivity index (χ3v) is 6.26. The molecule has 0 aromatic carbocycles. The van der Waals surface area contributed by atoms with Crippen molar-refractivity contribution >= 4 is 17.6 Å². The van der Waals surface area contributed by atoms with Gasteiger partial charge in [0, 0.05) is 45.1 Å². The first-order valence-corrected chi connectivity index (χ1v) is 10.9. The fourth-order valence-corrected chi connectivity index (χ4v) is 4.46. The summed E-state index contributed by atoms with van der Waals surface area (Å²) in [6, 6.07) is 0. The molecule has 166 valence electrons. The number of nitrogens with zero attached hydrogens (tertiary/aromatic N) is 5. The van der Waals surface area contributed by atoms with Crippen molar-refractivity contribution < 1.29 is 14.1 Å². The molecule has 31 heavy (non-hydrogen) atoms. The molecule has 1 atom stereocenters. The molecule has 9 nitrogen and oxygen atoms in total. The Labute approximate surface area is 182 Å². The van der Waals surface area contributed by atoms with Crippen molar-refractivity contribution in [2.75, 3.05) is 32.0 Å². The van der Waals surface area contributed by atoms with Crippen LogP contribution in [0.2, 0.25) is 0 Å². The van der Waals surface area contributed by atoms with E-state index >= 15 is 0 Å². The molecule has 2 aliphatic heterocycles. The SMILES string of the molecule is CNc1nc([C@@H]2CCN(C(=O)c3c(C(C)C)noc3C)C2)nc2c1CCN(C(C)=O)C2. The van der Waals surface area contributed by atoms with Gasteiger partial charge in [-0.05, 0) is 25.7 Å². The highest BCUT2D eigenvalue weighted by Gasteiger charge is 2.34. The maximum Gasteiger partial charge on any atom is 0.259 e. The van der Waals surface area contributed by atoms with Crippen molar-refractivity contribution in [1.29, 1.82) is 0 Å². The number of likely N-dealkylation sites (tertiary alicyclic amines) is 1. The summed E-state index contributed by atoms with van der Waals surface area (Å²) in [4.78, 5) is 38.4. The van der Waals surface area contributed by atoms with Gasteiger partial charge in [0.2, 0.25) is 5.91 Å². The van der Waals surface area contributed by atoms with E-state index < -0.39 is 0 Å². The predicted octanol–water partition coefficient (Wildman–Crippen LogP) is 2.47. The van der Waals surface area contributed by atoms with Crippen LogP contribution in [0.3, 0.4) is 0 Å². The van der Waals surface area contributed by atoms with E-state index in [1.165, 1.54) is 0 Å². The molecule has 0 spiro atoms. The molecule has 0 bridgehead atoms. The molecule has 1 N–H and O–H groups in total. The second kappa shape index (κ2) is 8.28. The molecule has 0 radical (unpaired) electrons. The molecule has 0 aliphatic carbocycles. The fourth-order valence-electron chi connectivity index (χ4n) is 4.46. The number of anilines is 1. The van der Waals surface area contributed by atoms with Crippen molar-refractivity contribution in [2.45, 2.75) is 58.9 Å². The zero-order valence-electron chi connectivity index (χ0n) is 18.9. The molecular weight excluding hydrogens is 396 g/mol. The molecule has 4 heterocycles. The topological polar surface area (TPSA) is 104 Å². The first-order chi connectivity index (χ1) is 14.8. The lowest BCUT2D eigenvalue weighted by Gasteiger charge is -2.29. The van der Waals surface area contributed by atoms with Gasteiger partial charge in [0.05, 0.1) is 17.9 Å². The van der Waals surface area contributed by atoms with Crippen molar-refractivity contribution in [2.24, 2.45) is 0 Å². The minimum absolute atomic E-state index is 0.0421. The van der Waals surface area contributed by atoms with E-state index in [-0.39, 0.29) is 23.7 Å². The van der Waals surface area contributed by atoms with E-state index in [2.05, 4.69) is 10.5 Å². The van der Waals surface area contributed by atoms with Crippen LogP contribution in [0, 0.1) is 6.92 Å². The van der Waals surface area contributed by atoms with E-state index in [9.17, 15) is 9.59 Å². The molecule has 2 amide bonds. The quantitative estimate of drug-likeness (QED) is 0.801. The van der Waals surface area contributed by atoms with Gasteiger partial charge in [-0.25, -0.2) is 9.97 Å². The third kappa shape index (κ3) is 3.88. The van der Waals surface area contributed by atoms with Gasteiger partial charge in [-0.15, -0.1) is 0 Å². The van der Waals surface area contributed by atoms with E-state index in [0.717, 1.165) is 35.7 Å². The number of aromatic nitrogens is 3. The molecule has 4 rings (SSSR count). The van der Waals surface area contributed by atoms with Crippen LogP contribution in [0.15, 0.2) is 4.52 Å². The van der Waals surface area contributed by atoms with E-state index in [1.54, 1.807) is 13.8 Å². The van der Waals surface area contributed by atoms with Gasteiger partial charge in [-0.3, -0.25) is 9.59 Å². The Morgan fingerprint density at radius 1 is 1.19 bits per heavy atom. The van der Waals surface area contributed by atoms with Gasteiger partial charge in [0.25, 0.3) is 5.91 Å². The van der Waals surface area contributed by atoms with Crippen LogP contribution in [-0.2, 0) is 17.8 Å². The van der Waals surface area contributed by atoms with Crippen LogP contribution in [0.1, 0.15) is 77.9 Å². The minimum Gasteiger partial charge on any atom is -0.373 e. The maximum atomic E-state index is 13.2. The molecule has 2 aliphatic rings. The molecule has 1 fully saturated rings. The summed E-state index contributed by atoms with van der Waals surface area (Å²) in [5.74, 6) is 2.29. The van der Waals surface area contributed by atoms with Crippen molar-refractivity contribution in [3.8, 4) is 0 Å². The molecule has 0 unspecified atom stereocenters. The molecular formula is C22H30N6O3. The number of hydrogen-bond acceptors (Lipinski definition) is 7. The van der Waals surface area contributed by atoms with Crippen LogP contribution < -0.4 is 5.32 Å². The summed E-state index contributed by atoms with van der Waals surface area (Å²) in [6.45, 7) is 9.76. The van der Waals surface area contributed by atoms with Crippen LogP contribution >= 0.6 is 0 Å². The first-order valence-electron chi connectivity index (χ1n) is 10.9. The van der Waals surface area contributed by atoms with Gasteiger partial charge >= 0.3 is 0 Å². The van der Waals surface area contributed by atoms with Gasteiger partial charge in [0.15, 0.2) is 0 Å². The van der Waals surface area contributed by atoms with E-state index in [0.29, 0.717) is 43.2 Å². The highest BCUT2D eigenvalue weighted by atomic mass is 16.5. The second-order valence-corrected chi connectivity index (χ2v) is 8.69. The van der Waals surface area contributed by atoms with Crippen LogP contribution in [0.5, 0.6) is 0 Å². The summed E-state index contributed by atoms with van der Waals surface area (Å²) in [5, 5.41) is 7.28. The third-order valence-electron chi connectivity index (χ3n) is 6.26. The van der Waals surface area contributed by atoms with Gasteiger partial charge in [-0.1, -0.05) is 19.0 Å². The first kappa shape index (κ1) is 21.3. The average molecular weight is 427 g/mol. The monoisotopic (exact) mass is 426 g/mol. The Hall–Kier alpha value is -2.97. The standard InChI is InChI=1S/C22H30N6O3/c1-12(2)19-18(13(3)31-26-19)22(30)28-8-6-15(10-28)20-24-17-11-27(14(4)29)9-7-16(17)21(23-5)25-20/h12,15H,6-11H2,1-5H3,(H,23,24,25)/t15-/m1/s1. The lowest BCUT2D eigenvalue weighted by Crippen LogP contribution is -2.35. The normalized spacial score (nSPS) is 18.5. The number of carbonyl (C=O) groups is 2. The molecule has 2 aromatic heterocycles.